The van der Waals surface area contributed by atoms with Gasteiger partial charge in [0.05, 0.1) is 6.42 Å². The number of hydrogen-bond donors (Lipinski definition) is 2. The summed E-state index contributed by atoms with van der Waals surface area (Å²) >= 11 is 0. The molecule has 19 heavy (non-hydrogen) atoms. The molecule has 0 radical (unpaired) electrons. The number of nitrogens with two attached hydrogens (primary N) is 1. The van der Waals surface area contributed by atoms with E-state index in [0.29, 0.717) is 13.0 Å². The van der Waals surface area contributed by atoms with Gasteiger partial charge in [-0.1, -0.05) is 49.9 Å². The first-order valence-corrected chi connectivity index (χ1v) is 7.32. The molecule has 1 aliphatic carbocycles. The predicted molar refractivity (Wildman–Crippen MR) is 77.6 cm³/mol. The Hall–Kier alpha value is -1.35. The Morgan fingerprint density at radius 1 is 1.16 bits per heavy atom. The summed E-state index contributed by atoms with van der Waals surface area (Å²) in [6.45, 7) is 1.37. The molecule has 3 heteroatoms. The Morgan fingerprint density at radius 2 is 1.79 bits per heavy atom. The highest BCUT2D eigenvalue weighted by Crippen LogP contribution is 2.26. The van der Waals surface area contributed by atoms with Gasteiger partial charge >= 0.3 is 0 Å². The minimum atomic E-state index is 0.124. The number of amides is 1. The highest BCUT2D eigenvalue weighted by atomic mass is 16.1. The van der Waals surface area contributed by atoms with E-state index in [0.717, 1.165) is 30.0 Å². The van der Waals surface area contributed by atoms with Crippen molar-refractivity contribution >= 4 is 5.91 Å². The fourth-order valence-electron chi connectivity index (χ4n) is 2.76. The quantitative estimate of drug-likeness (QED) is 0.825. The van der Waals surface area contributed by atoms with Gasteiger partial charge in [0.1, 0.15) is 0 Å². The molecule has 104 valence electrons. The van der Waals surface area contributed by atoms with Crippen LogP contribution in [0.15, 0.2) is 24.3 Å². The second-order valence-corrected chi connectivity index (χ2v) is 5.49. The van der Waals surface area contributed by atoms with Gasteiger partial charge in [0.2, 0.25) is 5.91 Å². The molecule has 0 spiro atoms. The third kappa shape index (κ3) is 4.67. The minimum Gasteiger partial charge on any atom is -0.356 e. The Bertz CT molecular complexity index is 394. The molecule has 0 unspecified atom stereocenters. The maximum atomic E-state index is 11.8. The van der Waals surface area contributed by atoms with E-state index in [1.165, 1.54) is 25.7 Å². The summed E-state index contributed by atoms with van der Waals surface area (Å²) in [6, 6.07) is 7.94. The Labute approximate surface area is 115 Å². The van der Waals surface area contributed by atoms with Crippen molar-refractivity contribution in [1.82, 2.24) is 5.32 Å². The Kier molecular flexibility index (Phi) is 5.40. The molecule has 3 N–H and O–H groups in total. The SMILES string of the molecule is NCc1ccc(CC(=O)NCCC2CCCC2)cc1. The molecule has 0 atom stereocenters. The smallest absolute Gasteiger partial charge is 0.224 e. The lowest BCUT2D eigenvalue weighted by Gasteiger charge is -2.10. The van der Waals surface area contributed by atoms with Crippen molar-refractivity contribution in [3.8, 4) is 0 Å². The molecule has 1 fully saturated rings. The molecule has 3 nitrogen and oxygen atoms in total. The number of nitrogens with one attached hydrogen (secondary N) is 1. The average molecular weight is 260 g/mol. The van der Waals surface area contributed by atoms with Crippen LogP contribution < -0.4 is 11.1 Å². The van der Waals surface area contributed by atoms with E-state index in [4.69, 9.17) is 5.73 Å². The summed E-state index contributed by atoms with van der Waals surface area (Å²) in [6.07, 6.45) is 7.03. The first kappa shape index (κ1) is 14.1. The van der Waals surface area contributed by atoms with Crippen LogP contribution in [0.2, 0.25) is 0 Å². The van der Waals surface area contributed by atoms with E-state index in [2.05, 4.69) is 5.32 Å². The average Bonchev–Trinajstić information content (AvgIpc) is 2.93. The van der Waals surface area contributed by atoms with Gasteiger partial charge in [-0.05, 0) is 23.5 Å². The van der Waals surface area contributed by atoms with Crippen LogP contribution in [0, 0.1) is 5.92 Å². The molecule has 1 aliphatic rings. The van der Waals surface area contributed by atoms with Crippen LogP contribution in [-0.2, 0) is 17.8 Å². The second kappa shape index (κ2) is 7.29. The topological polar surface area (TPSA) is 55.1 Å². The van der Waals surface area contributed by atoms with Gasteiger partial charge in [0.15, 0.2) is 0 Å². The van der Waals surface area contributed by atoms with E-state index >= 15 is 0 Å². The lowest BCUT2D eigenvalue weighted by Crippen LogP contribution is -2.27. The van der Waals surface area contributed by atoms with Gasteiger partial charge in [0, 0.05) is 13.1 Å². The zero-order valence-electron chi connectivity index (χ0n) is 11.5. The maximum Gasteiger partial charge on any atom is 0.224 e. The number of carbonyl (C=O) groups is 1. The zero-order chi connectivity index (χ0) is 13.5. The third-order valence-corrected chi connectivity index (χ3v) is 3.97. The Morgan fingerprint density at radius 3 is 2.42 bits per heavy atom. The van der Waals surface area contributed by atoms with Crippen molar-refractivity contribution in [2.75, 3.05) is 6.54 Å². The van der Waals surface area contributed by atoms with Crippen LogP contribution >= 0.6 is 0 Å². The van der Waals surface area contributed by atoms with Crippen molar-refractivity contribution in [2.45, 2.75) is 45.1 Å². The third-order valence-electron chi connectivity index (χ3n) is 3.97. The lowest BCUT2D eigenvalue weighted by atomic mass is 10.0. The zero-order valence-corrected chi connectivity index (χ0v) is 11.5. The number of hydrogen-bond acceptors (Lipinski definition) is 2. The van der Waals surface area contributed by atoms with Crippen LogP contribution in [0.25, 0.3) is 0 Å². The fraction of sp³-hybridized carbons (Fsp3) is 0.562. The van der Waals surface area contributed by atoms with E-state index in [1.807, 2.05) is 24.3 Å². The van der Waals surface area contributed by atoms with Gasteiger partial charge in [-0.2, -0.15) is 0 Å². The van der Waals surface area contributed by atoms with Crippen molar-refractivity contribution in [1.29, 1.82) is 0 Å². The first-order valence-electron chi connectivity index (χ1n) is 7.32. The normalized spacial score (nSPS) is 15.6. The summed E-state index contributed by atoms with van der Waals surface area (Å²) in [4.78, 5) is 11.8. The van der Waals surface area contributed by atoms with Crippen molar-refractivity contribution in [3.63, 3.8) is 0 Å². The molecule has 1 amide bonds. The largest absolute Gasteiger partial charge is 0.356 e. The van der Waals surface area contributed by atoms with Crippen molar-refractivity contribution < 1.29 is 4.79 Å². The van der Waals surface area contributed by atoms with E-state index in [9.17, 15) is 4.79 Å². The Balaban J connectivity index is 1.68. The molecule has 1 aromatic rings. The van der Waals surface area contributed by atoms with Gasteiger partial charge in [-0.15, -0.1) is 0 Å². The van der Waals surface area contributed by atoms with Crippen molar-refractivity contribution in [2.24, 2.45) is 11.7 Å². The van der Waals surface area contributed by atoms with Crippen molar-refractivity contribution in [3.05, 3.63) is 35.4 Å². The fourth-order valence-corrected chi connectivity index (χ4v) is 2.76. The monoisotopic (exact) mass is 260 g/mol. The molecule has 0 saturated heterocycles. The van der Waals surface area contributed by atoms with E-state index in [1.54, 1.807) is 0 Å². The van der Waals surface area contributed by atoms with Crippen LogP contribution in [-0.4, -0.2) is 12.5 Å². The molecular weight excluding hydrogens is 236 g/mol. The molecular formula is C16H24N2O. The molecule has 0 heterocycles. The molecule has 0 bridgehead atoms. The predicted octanol–water partition coefficient (Wildman–Crippen LogP) is 2.38. The first-order chi connectivity index (χ1) is 9.28. The number of carbonyl (C=O) groups excluding carboxylic acids is 1. The van der Waals surface area contributed by atoms with Gasteiger partial charge in [-0.25, -0.2) is 0 Å². The summed E-state index contributed by atoms with van der Waals surface area (Å²) < 4.78 is 0. The van der Waals surface area contributed by atoms with Gasteiger partial charge in [0.25, 0.3) is 0 Å². The van der Waals surface area contributed by atoms with Gasteiger partial charge < -0.3 is 11.1 Å². The summed E-state index contributed by atoms with van der Waals surface area (Å²) in [5.41, 5.74) is 7.70. The second-order valence-electron chi connectivity index (χ2n) is 5.49. The standard InChI is InChI=1S/C16H24N2O/c17-12-15-7-5-14(6-8-15)11-16(19)18-10-9-13-3-1-2-4-13/h5-8,13H,1-4,9-12,17H2,(H,18,19). The molecule has 2 rings (SSSR count). The highest BCUT2D eigenvalue weighted by molar-refractivity contribution is 5.78. The summed E-state index contributed by atoms with van der Waals surface area (Å²) in [7, 11) is 0. The summed E-state index contributed by atoms with van der Waals surface area (Å²) in [5, 5.41) is 3.02. The van der Waals surface area contributed by atoms with Gasteiger partial charge in [-0.3, -0.25) is 4.79 Å². The van der Waals surface area contributed by atoms with E-state index in [-0.39, 0.29) is 5.91 Å². The lowest BCUT2D eigenvalue weighted by molar-refractivity contribution is -0.120. The van der Waals surface area contributed by atoms with Crippen LogP contribution in [0.4, 0.5) is 0 Å². The van der Waals surface area contributed by atoms with Crippen LogP contribution in [0.5, 0.6) is 0 Å². The minimum absolute atomic E-state index is 0.124. The number of benzene rings is 1. The molecule has 0 aromatic heterocycles. The summed E-state index contributed by atoms with van der Waals surface area (Å²) in [5.74, 6) is 0.961. The van der Waals surface area contributed by atoms with Crippen LogP contribution in [0.1, 0.15) is 43.2 Å². The maximum absolute atomic E-state index is 11.8. The highest BCUT2D eigenvalue weighted by Gasteiger charge is 2.14. The number of rotatable bonds is 6. The molecule has 1 saturated carbocycles. The molecule has 1 aromatic carbocycles. The van der Waals surface area contributed by atoms with E-state index < -0.39 is 0 Å². The van der Waals surface area contributed by atoms with Crippen LogP contribution in [0.3, 0.4) is 0 Å². The molecule has 0 aliphatic heterocycles.